The topological polar surface area (TPSA) is 49.5 Å². The van der Waals surface area contributed by atoms with Gasteiger partial charge < -0.3 is 10.8 Å². The van der Waals surface area contributed by atoms with Gasteiger partial charge in [0.25, 0.3) is 0 Å². The average molecular weight is 299 g/mol. The number of nitrogens with two attached hydrogens (primary N) is 1. The molecule has 4 heteroatoms. The maximum absolute atomic E-state index is 10.0. The fourth-order valence-electron chi connectivity index (χ4n) is 2.43. The van der Waals surface area contributed by atoms with Gasteiger partial charge in [-0.1, -0.05) is 28.1 Å². The lowest BCUT2D eigenvalue weighted by atomic mass is 10.1. The van der Waals surface area contributed by atoms with Gasteiger partial charge in [-0.25, -0.2) is 0 Å². The number of halogens is 1. The van der Waals surface area contributed by atoms with Crippen molar-refractivity contribution in [2.45, 2.75) is 25.0 Å². The van der Waals surface area contributed by atoms with Crippen LogP contribution in [0.1, 0.15) is 24.9 Å². The predicted octanol–water partition coefficient (Wildman–Crippen LogP) is 1.91. The van der Waals surface area contributed by atoms with Crippen molar-refractivity contribution in [1.82, 2.24) is 4.90 Å². The van der Waals surface area contributed by atoms with Gasteiger partial charge >= 0.3 is 0 Å². The lowest BCUT2D eigenvalue weighted by molar-refractivity contribution is 0.0626. The second kappa shape index (κ2) is 5.06. The van der Waals surface area contributed by atoms with E-state index in [1.54, 1.807) is 0 Å². The van der Waals surface area contributed by atoms with E-state index in [1.807, 2.05) is 19.1 Å². The van der Waals surface area contributed by atoms with Crippen LogP contribution in [0.2, 0.25) is 0 Å². The summed E-state index contributed by atoms with van der Waals surface area (Å²) < 4.78 is 1.07. The molecule has 1 heterocycles. The molecule has 0 saturated carbocycles. The minimum absolute atomic E-state index is 0.206. The third kappa shape index (κ3) is 3.07. The highest BCUT2D eigenvalue weighted by Crippen LogP contribution is 2.29. The number of aliphatic hydroxyl groups is 1. The largest absolute Gasteiger partial charge is 0.389 e. The van der Waals surface area contributed by atoms with Crippen molar-refractivity contribution in [3.63, 3.8) is 0 Å². The quantitative estimate of drug-likeness (QED) is 0.896. The van der Waals surface area contributed by atoms with Crippen molar-refractivity contribution in [3.05, 3.63) is 34.3 Å². The van der Waals surface area contributed by atoms with E-state index in [0.29, 0.717) is 13.1 Å². The Kier molecular flexibility index (Phi) is 3.88. The summed E-state index contributed by atoms with van der Waals surface area (Å²) in [7, 11) is 0. The molecule has 1 saturated heterocycles. The van der Waals surface area contributed by atoms with Crippen molar-refractivity contribution in [2.75, 3.05) is 19.6 Å². The fourth-order valence-corrected chi connectivity index (χ4v) is 2.69. The fraction of sp³-hybridized carbons (Fsp3) is 0.538. The molecule has 3 N–H and O–H groups in total. The zero-order chi connectivity index (χ0) is 12.5. The Balaban J connectivity index is 2.14. The maximum Gasteiger partial charge on any atom is 0.0758 e. The summed E-state index contributed by atoms with van der Waals surface area (Å²) in [5.74, 6) is 0. The molecule has 2 atom stereocenters. The molecule has 0 aromatic heterocycles. The van der Waals surface area contributed by atoms with Gasteiger partial charge in [-0.05, 0) is 31.0 Å². The van der Waals surface area contributed by atoms with Gasteiger partial charge in [-0.2, -0.15) is 0 Å². The zero-order valence-corrected chi connectivity index (χ0v) is 11.7. The number of hydrogen-bond donors (Lipinski definition) is 2. The molecule has 2 unspecified atom stereocenters. The third-order valence-corrected chi connectivity index (χ3v) is 3.93. The summed E-state index contributed by atoms with van der Waals surface area (Å²) >= 11 is 3.43. The summed E-state index contributed by atoms with van der Waals surface area (Å²) in [6.07, 6.45) is 0.819. The molecular formula is C13H19BrN2O. The van der Waals surface area contributed by atoms with E-state index in [0.717, 1.165) is 17.4 Å². The number of rotatable bonds is 3. The molecule has 1 aliphatic rings. The zero-order valence-electron chi connectivity index (χ0n) is 10.1. The molecule has 1 aliphatic heterocycles. The Morgan fingerprint density at radius 2 is 2.12 bits per heavy atom. The minimum Gasteiger partial charge on any atom is -0.389 e. The first-order valence-corrected chi connectivity index (χ1v) is 6.73. The van der Waals surface area contributed by atoms with Crippen LogP contribution in [0.25, 0.3) is 0 Å². The van der Waals surface area contributed by atoms with Crippen LogP contribution in [0.4, 0.5) is 0 Å². The molecule has 1 aromatic rings. The van der Waals surface area contributed by atoms with Crippen LogP contribution in [0, 0.1) is 0 Å². The number of likely N-dealkylation sites (tertiary alicyclic amines) is 1. The lowest BCUT2D eigenvalue weighted by Crippen LogP contribution is -2.35. The molecule has 3 nitrogen and oxygen atoms in total. The third-order valence-electron chi connectivity index (χ3n) is 3.40. The van der Waals surface area contributed by atoms with E-state index in [4.69, 9.17) is 5.73 Å². The minimum atomic E-state index is -0.567. The number of benzene rings is 1. The van der Waals surface area contributed by atoms with Crippen LogP contribution in [0.15, 0.2) is 28.7 Å². The first-order valence-electron chi connectivity index (χ1n) is 5.94. The van der Waals surface area contributed by atoms with Crippen molar-refractivity contribution >= 4 is 15.9 Å². The van der Waals surface area contributed by atoms with E-state index < -0.39 is 5.60 Å². The first-order chi connectivity index (χ1) is 8.02. The molecule has 17 heavy (non-hydrogen) atoms. The molecule has 0 radical (unpaired) electrons. The predicted molar refractivity (Wildman–Crippen MR) is 72.8 cm³/mol. The van der Waals surface area contributed by atoms with Gasteiger partial charge in [0.2, 0.25) is 0 Å². The van der Waals surface area contributed by atoms with Crippen LogP contribution in [-0.4, -0.2) is 35.2 Å². The number of hydrogen-bond acceptors (Lipinski definition) is 3. The second-order valence-corrected chi connectivity index (χ2v) is 5.94. The van der Waals surface area contributed by atoms with E-state index in [9.17, 15) is 5.11 Å². The summed E-state index contributed by atoms with van der Waals surface area (Å²) in [6, 6.07) is 8.46. The van der Waals surface area contributed by atoms with Gasteiger partial charge in [-0.3, -0.25) is 4.90 Å². The van der Waals surface area contributed by atoms with Crippen molar-refractivity contribution < 1.29 is 5.11 Å². The Morgan fingerprint density at radius 1 is 1.47 bits per heavy atom. The summed E-state index contributed by atoms with van der Waals surface area (Å²) in [4.78, 5) is 2.27. The monoisotopic (exact) mass is 298 g/mol. The first kappa shape index (κ1) is 13.0. The van der Waals surface area contributed by atoms with Crippen molar-refractivity contribution in [3.8, 4) is 0 Å². The standard InChI is InChI=1S/C13H19BrN2O/c1-13(17)6-7-16(9-13)12(8-15)10-2-4-11(14)5-3-10/h2-5,12,17H,6-9,15H2,1H3. The van der Waals surface area contributed by atoms with Gasteiger partial charge in [0, 0.05) is 30.1 Å². The van der Waals surface area contributed by atoms with E-state index in [-0.39, 0.29) is 6.04 Å². The molecule has 1 fully saturated rings. The van der Waals surface area contributed by atoms with Crippen LogP contribution in [-0.2, 0) is 0 Å². The normalized spacial score (nSPS) is 27.3. The highest BCUT2D eigenvalue weighted by Gasteiger charge is 2.34. The summed E-state index contributed by atoms with van der Waals surface area (Å²) in [6.45, 7) is 4.08. The Labute approximate surface area is 111 Å². The van der Waals surface area contributed by atoms with Crippen LogP contribution in [0.3, 0.4) is 0 Å². The summed E-state index contributed by atoms with van der Waals surface area (Å²) in [5, 5.41) is 10.0. The average Bonchev–Trinajstić information content (AvgIpc) is 2.63. The molecular weight excluding hydrogens is 280 g/mol. The van der Waals surface area contributed by atoms with Gasteiger partial charge in [0.15, 0.2) is 0 Å². The van der Waals surface area contributed by atoms with Crippen LogP contribution in [0.5, 0.6) is 0 Å². The van der Waals surface area contributed by atoms with E-state index in [2.05, 4.69) is 33.0 Å². The molecule has 1 aromatic carbocycles. The molecule has 0 spiro atoms. The maximum atomic E-state index is 10.0. The second-order valence-electron chi connectivity index (χ2n) is 5.02. The van der Waals surface area contributed by atoms with E-state index >= 15 is 0 Å². The number of nitrogens with zero attached hydrogens (tertiary/aromatic N) is 1. The Morgan fingerprint density at radius 3 is 2.59 bits per heavy atom. The molecule has 0 amide bonds. The van der Waals surface area contributed by atoms with Gasteiger partial charge in [0.05, 0.1) is 5.60 Å². The van der Waals surface area contributed by atoms with Crippen LogP contribution >= 0.6 is 15.9 Å². The number of β-amino-alcohol motifs (C(OH)–C–C–N with tert-alkyl or cyclic N) is 1. The molecule has 2 rings (SSSR count). The molecule has 0 aliphatic carbocycles. The van der Waals surface area contributed by atoms with Crippen molar-refractivity contribution in [1.29, 1.82) is 0 Å². The summed E-state index contributed by atoms with van der Waals surface area (Å²) in [5.41, 5.74) is 6.53. The molecule has 0 bridgehead atoms. The van der Waals surface area contributed by atoms with E-state index in [1.165, 1.54) is 5.56 Å². The highest BCUT2D eigenvalue weighted by atomic mass is 79.9. The smallest absolute Gasteiger partial charge is 0.0758 e. The Hall–Kier alpha value is -0.420. The van der Waals surface area contributed by atoms with Gasteiger partial charge in [0.1, 0.15) is 0 Å². The SMILES string of the molecule is CC1(O)CCN(C(CN)c2ccc(Br)cc2)C1. The van der Waals surface area contributed by atoms with Crippen molar-refractivity contribution in [2.24, 2.45) is 5.73 Å². The molecule has 94 valence electrons. The lowest BCUT2D eigenvalue weighted by Gasteiger charge is -2.28. The van der Waals surface area contributed by atoms with Gasteiger partial charge in [-0.15, -0.1) is 0 Å². The highest BCUT2D eigenvalue weighted by molar-refractivity contribution is 9.10. The Bertz CT molecular complexity index is 378. The van der Waals surface area contributed by atoms with Crippen LogP contribution < -0.4 is 5.73 Å².